The Morgan fingerprint density at radius 1 is 1.09 bits per heavy atom. The van der Waals surface area contributed by atoms with Gasteiger partial charge in [-0.3, -0.25) is 9.78 Å². The highest BCUT2D eigenvalue weighted by Gasteiger charge is 2.15. The molecule has 8 heteroatoms. The van der Waals surface area contributed by atoms with Crippen LogP contribution in [0.5, 0.6) is 0 Å². The summed E-state index contributed by atoms with van der Waals surface area (Å²) in [7, 11) is 0. The van der Waals surface area contributed by atoms with Gasteiger partial charge in [0.15, 0.2) is 0 Å². The first-order valence-corrected chi connectivity index (χ1v) is 6.65. The fourth-order valence-electron chi connectivity index (χ4n) is 2.19. The lowest BCUT2D eigenvalue weighted by Crippen LogP contribution is -2.21. The van der Waals surface area contributed by atoms with Gasteiger partial charge >= 0.3 is 6.01 Å². The predicted molar refractivity (Wildman–Crippen MR) is 78.4 cm³/mol. The van der Waals surface area contributed by atoms with Crippen LogP contribution in [0.1, 0.15) is 0 Å². The van der Waals surface area contributed by atoms with E-state index >= 15 is 0 Å². The van der Waals surface area contributed by atoms with E-state index in [1.54, 1.807) is 24.5 Å². The Bertz CT molecular complexity index is 1060. The van der Waals surface area contributed by atoms with Gasteiger partial charge in [-0.2, -0.15) is 10.1 Å². The third-order valence-corrected chi connectivity index (χ3v) is 3.31. The van der Waals surface area contributed by atoms with Gasteiger partial charge < -0.3 is 4.52 Å². The van der Waals surface area contributed by atoms with Crippen LogP contribution in [0.25, 0.3) is 28.2 Å². The molecule has 0 unspecified atom stereocenters. The Morgan fingerprint density at radius 3 is 2.74 bits per heavy atom. The maximum Gasteiger partial charge on any atom is 0.352 e. The first-order chi connectivity index (χ1) is 11.2. The minimum absolute atomic E-state index is 0.0898. The number of benzene rings is 1. The first kappa shape index (κ1) is 13.3. The first-order valence-electron chi connectivity index (χ1n) is 6.65. The normalized spacial score (nSPS) is 11.0. The summed E-state index contributed by atoms with van der Waals surface area (Å²) >= 11 is 0. The lowest BCUT2D eigenvalue weighted by molar-refractivity contribution is 0.391. The molecule has 0 amide bonds. The molecular weight excluding hydrogens is 301 g/mol. The number of halogens is 1. The number of aromatic nitrogens is 5. The van der Waals surface area contributed by atoms with Gasteiger partial charge in [0.05, 0.1) is 11.6 Å². The Kier molecular flexibility index (Phi) is 2.94. The fraction of sp³-hybridized carbons (Fsp3) is 0. The van der Waals surface area contributed by atoms with E-state index in [2.05, 4.69) is 20.2 Å². The number of hydrogen-bond acceptors (Lipinski definition) is 6. The molecule has 0 aliphatic heterocycles. The quantitative estimate of drug-likeness (QED) is 0.562. The second-order valence-electron chi connectivity index (χ2n) is 4.70. The minimum Gasteiger partial charge on any atom is -0.312 e. The van der Waals surface area contributed by atoms with Crippen molar-refractivity contribution in [3.05, 3.63) is 65.1 Å². The van der Waals surface area contributed by atoms with Crippen molar-refractivity contribution in [3.63, 3.8) is 0 Å². The molecule has 0 fully saturated rings. The van der Waals surface area contributed by atoms with Crippen molar-refractivity contribution in [3.8, 4) is 17.4 Å². The van der Waals surface area contributed by atoms with Gasteiger partial charge in [-0.1, -0.05) is 11.2 Å². The van der Waals surface area contributed by atoms with E-state index < -0.39 is 11.4 Å². The molecule has 0 N–H and O–H groups in total. The molecule has 3 heterocycles. The van der Waals surface area contributed by atoms with Crippen molar-refractivity contribution in [2.45, 2.75) is 0 Å². The fourth-order valence-corrected chi connectivity index (χ4v) is 2.19. The molecular formula is C15H8FN5O2. The highest BCUT2D eigenvalue weighted by Crippen LogP contribution is 2.16. The van der Waals surface area contributed by atoms with Crippen molar-refractivity contribution in [2.75, 3.05) is 0 Å². The Balaban J connectivity index is 1.86. The van der Waals surface area contributed by atoms with Crippen molar-refractivity contribution in [1.29, 1.82) is 0 Å². The molecule has 4 aromatic rings. The average molecular weight is 309 g/mol. The number of rotatable bonds is 2. The van der Waals surface area contributed by atoms with Crippen LogP contribution in [0, 0.1) is 5.82 Å². The largest absolute Gasteiger partial charge is 0.352 e. The lowest BCUT2D eigenvalue weighted by atomic mass is 10.2. The van der Waals surface area contributed by atoms with Crippen molar-refractivity contribution < 1.29 is 8.91 Å². The summed E-state index contributed by atoms with van der Waals surface area (Å²) in [5.41, 5.74) is 0.154. The van der Waals surface area contributed by atoms with Crippen LogP contribution in [-0.2, 0) is 0 Å². The summed E-state index contributed by atoms with van der Waals surface area (Å²) in [4.78, 5) is 20.5. The summed E-state index contributed by atoms with van der Waals surface area (Å²) in [5.74, 6) is -0.210. The maximum absolute atomic E-state index is 13.7. The number of fused-ring (bicyclic) bond motifs is 1. The van der Waals surface area contributed by atoms with Crippen LogP contribution in [0.3, 0.4) is 0 Å². The Hall–Kier alpha value is -3.42. The number of nitrogens with zero attached hydrogens (tertiary/aromatic N) is 5. The molecule has 23 heavy (non-hydrogen) atoms. The zero-order chi connectivity index (χ0) is 15.8. The summed E-state index contributed by atoms with van der Waals surface area (Å²) in [6.45, 7) is 0. The molecule has 7 nitrogen and oxygen atoms in total. The second kappa shape index (κ2) is 5.09. The van der Waals surface area contributed by atoms with Gasteiger partial charge in [0.2, 0.25) is 5.82 Å². The molecule has 0 saturated carbocycles. The molecule has 0 radical (unpaired) electrons. The van der Waals surface area contributed by atoms with Crippen LogP contribution < -0.4 is 5.56 Å². The smallest absolute Gasteiger partial charge is 0.312 e. The van der Waals surface area contributed by atoms with E-state index in [9.17, 15) is 9.18 Å². The third kappa shape index (κ3) is 2.16. The Morgan fingerprint density at radius 2 is 1.91 bits per heavy atom. The van der Waals surface area contributed by atoms with Crippen LogP contribution in [-0.4, -0.2) is 24.9 Å². The number of hydrogen-bond donors (Lipinski definition) is 0. The van der Waals surface area contributed by atoms with E-state index in [1.807, 2.05) is 0 Å². The van der Waals surface area contributed by atoms with E-state index in [4.69, 9.17) is 4.52 Å². The van der Waals surface area contributed by atoms with Crippen LogP contribution in [0.4, 0.5) is 4.39 Å². The molecule has 1 aromatic carbocycles. The monoisotopic (exact) mass is 309 g/mol. The van der Waals surface area contributed by atoms with E-state index in [0.29, 0.717) is 11.4 Å². The van der Waals surface area contributed by atoms with Gasteiger partial charge in [-0.25, -0.2) is 4.39 Å². The molecule has 0 aliphatic carbocycles. The van der Waals surface area contributed by atoms with Gasteiger partial charge in [-0.15, -0.1) is 4.68 Å². The standard InChI is InChI=1S/C15H8FN5O2/c16-12-3-1-2-10-11(12)8-18-21(14(10)22)15-19-13(20-23-15)9-4-6-17-7-5-9/h1-8H. The molecule has 112 valence electrons. The van der Waals surface area contributed by atoms with E-state index in [0.717, 1.165) is 4.68 Å². The topological polar surface area (TPSA) is 86.7 Å². The second-order valence-corrected chi connectivity index (χ2v) is 4.70. The molecule has 0 saturated heterocycles. The van der Waals surface area contributed by atoms with Crippen LogP contribution in [0.15, 0.2) is 58.2 Å². The maximum atomic E-state index is 13.7. The molecule has 0 atom stereocenters. The van der Waals surface area contributed by atoms with E-state index in [-0.39, 0.29) is 16.8 Å². The van der Waals surface area contributed by atoms with Gasteiger partial charge in [-0.05, 0) is 24.3 Å². The highest BCUT2D eigenvalue weighted by atomic mass is 19.1. The average Bonchev–Trinajstić information content (AvgIpc) is 3.07. The SMILES string of the molecule is O=c1c2cccc(F)c2cnn1-c1nc(-c2ccncc2)no1. The molecule has 3 aromatic heterocycles. The van der Waals surface area contributed by atoms with Gasteiger partial charge in [0, 0.05) is 23.3 Å². The Labute approximate surface area is 128 Å². The third-order valence-electron chi connectivity index (χ3n) is 3.31. The predicted octanol–water partition coefficient (Wildman–Crippen LogP) is 1.97. The van der Waals surface area contributed by atoms with Gasteiger partial charge in [0.25, 0.3) is 5.56 Å². The number of pyridine rings is 1. The minimum atomic E-state index is -0.535. The molecule has 0 aliphatic rings. The van der Waals surface area contributed by atoms with Gasteiger partial charge in [0.1, 0.15) is 5.82 Å². The van der Waals surface area contributed by atoms with Crippen molar-refractivity contribution >= 4 is 10.8 Å². The van der Waals surface area contributed by atoms with Crippen LogP contribution >= 0.6 is 0 Å². The zero-order valence-electron chi connectivity index (χ0n) is 11.5. The highest BCUT2D eigenvalue weighted by molar-refractivity contribution is 5.81. The van der Waals surface area contributed by atoms with Crippen LogP contribution in [0.2, 0.25) is 0 Å². The molecule has 0 spiro atoms. The summed E-state index contributed by atoms with van der Waals surface area (Å²) in [6.07, 6.45) is 4.44. The molecule has 4 rings (SSSR count). The zero-order valence-corrected chi connectivity index (χ0v) is 11.5. The van der Waals surface area contributed by atoms with Crippen molar-refractivity contribution in [2.24, 2.45) is 0 Å². The summed E-state index contributed by atoms with van der Waals surface area (Å²) in [5, 5.41) is 8.04. The summed E-state index contributed by atoms with van der Waals surface area (Å²) < 4.78 is 19.7. The lowest BCUT2D eigenvalue weighted by Gasteiger charge is -2.01. The van der Waals surface area contributed by atoms with E-state index in [1.165, 1.54) is 24.4 Å². The summed E-state index contributed by atoms with van der Waals surface area (Å²) in [6, 6.07) is 7.56. The molecule has 0 bridgehead atoms. The van der Waals surface area contributed by atoms with Crippen molar-refractivity contribution in [1.82, 2.24) is 24.9 Å².